The highest BCUT2D eigenvalue weighted by Gasteiger charge is 2.36. The summed E-state index contributed by atoms with van der Waals surface area (Å²) in [6.45, 7) is 0.368. The van der Waals surface area contributed by atoms with E-state index in [2.05, 4.69) is 10.1 Å². The molecule has 4 rings (SSSR count). The zero-order chi connectivity index (χ0) is 19.0. The minimum Gasteiger partial charge on any atom is -0.328 e. The van der Waals surface area contributed by atoms with Gasteiger partial charge in [-0.15, -0.1) is 0 Å². The number of thioether (sulfide) groups is 2. The standard InChI is InChI=1S/C19H26N4O2S2/c1-26-10-13(11-27-2)22-9-14-17(19(22)25)20-16-8-15(21-23(16)18(14)24)12-6-4-3-5-7-12/h8,12-13,21H,3-7,9-11H2,1-2H3. The van der Waals surface area contributed by atoms with Crippen molar-refractivity contribution in [2.24, 2.45) is 0 Å². The topological polar surface area (TPSA) is 70.5 Å². The number of carbonyl (C=O) groups excluding carboxylic acids is 1. The van der Waals surface area contributed by atoms with Gasteiger partial charge < -0.3 is 4.90 Å². The fourth-order valence-corrected chi connectivity index (χ4v) is 5.82. The SMILES string of the molecule is CSCC(CSC)N1Cc2c(nc3cc(C4CCCCC4)[nH]n3c2=O)C1=O. The summed E-state index contributed by atoms with van der Waals surface area (Å²) in [7, 11) is 0. The lowest BCUT2D eigenvalue weighted by molar-refractivity contribution is 0.0733. The van der Waals surface area contributed by atoms with Gasteiger partial charge in [0.1, 0.15) is 5.69 Å². The van der Waals surface area contributed by atoms with E-state index in [4.69, 9.17) is 0 Å². The Morgan fingerprint density at radius 1 is 1.19 bits per heavy atom. The van der Waals surface area contributed by atoms with Gasteiger partial charge in [0.05, 0.1) is 18.2 Å². The van der Waals surface area contributed by atoms with Crippen molar-refractivity contribution in [2.45, 2.75) is 50.6 Å². The predicted molar refractivity (Wildman–Crippen MR) is 112 cm³/mol. The van der Waals surface area contributed by atoms with Crippen molar-refractivity contribution in [1.29, 1.82) is 0 Å². The molecule has 3 heterocycles. The molecule has 0 aromatic carbocycles. The molecule has 27 heavy (non-hydrogen) atoms. The molecular weight excluding hydrogens is 380 g/mol. The van der Waals surface area contributed by atoms with Crippen LogP contribution in [0.2, 0.25) is 0 Å². The van der Waals surface area contributed by atoms with Gasteiger partial charge in [0.2, 0.25) is 0 Å². The van der Waals surface area contributed by atoms with E-state index < -0.39 is 0 Å². The van der Waals surface area contributed by atoms with E-state index in [-0.39, 0.29) is 17.5 Å². The first-order valence-electron chi connectivity index (χ1n) is 9.57. The van der Waals surface area contributed by atoms with Gasteiger partial charge in [-0.1, -0.05) is 19.3 Å². The first-order chi connectivity index (χ1) is 13.1. The molecule has 2 aromatic rings. The quantitative estimate of drug-likeness (QED) is 0.798. The van der Waals surface area contributed by atoms with Gasteiger partial charge in [0.25, 0.3) is 11.5 Å². The molecule has 1 N–H and O–H groups in total. The Morgan fingerprint density at radius 2 is 1.89 bits per heavy atom. The second-order valence-corrected chi connectivity index (χ2v) is 9.30. The van der Waals surface area contributed by atoms with Crippen LogP contribution in [0.4, 0.5) is 0 Å². The highest BCUT2D eigenvalue weighted by atomic mass is 32.2. The molecule has 0 radical (unpaired) electrons. The van der Waals surface area contributed by atoms with Gasteiger partial charge in [-0.2, -0.15) is 23.5 Å². The molecule has 2 aromatic heterocycles. The van der Waals surface area contributed by atoms with Gasteiger partial charge in [-0.25, -0.2) is 9.50 Å². The van der Waals surface area contributed by atoms with Gasteiger partial charge >= 0.3 is 0 Å². The van der Waals surface area contributed by atoms with Crippen LogP contribution in [-0.4, -0.2) is 55.5 Å². The number of aromatic nitrogens is 3. The molecule has 146 valence electrons. The lowest BCUT2D eigenvalue weighted by Gasteiger charge is -2.26. The number of nitrogens with one attached hydrogen (secondary N) is 1. The lowest BCUT2D eigenvalue weighted by Crippen LogP contribution is -2.39. The monoisotopic (exact) mass is 406 g/mol. The summed E-state index contributed by atoms with van der Waals surface area (Å²) < 4.78 is 1.54. The van der Waals surface area contributed by atoms with Crippen LogP contribution in [0.15, 0.2) is 10.9 Å². The molecule has 0 spiro atoms. The van der Waals surface area contributed by atoms with Crippen LogP contribution in [0.1, 0.15) is 59.8 Å². The number of hydrogen-bond donors (Lipinski definition) is 1. The molecule has 0 bridgehead atoms. The maximum Gasteiger partial charge on any atom is 0.278 e. The van der Waals surface area contributed by atoms with E-state index in [1.54, 1.807) is 23.5 Å². The van der Waals surface area contributed by atoms with Crippen molar-refractivity contribution in [1.82, 2.24) is 19.5 Å². The third-order valence-corrected chi connectivity index (χ3v) is 7.16. The van der Waals surface area contributed by atoms with Gasteiger partial charge in [0.15, 0.2) is 5.65 Å². The number of hydrogen-bond acceptors (Lipinski definition) is 5. The first kappa shape index (κ1) is 18.9. The van der Waals surface area contributed by atoms with Crippen LogP contribution >= 0.6 is 23.5 Å². The number of H-pyrrole nitrogens is 1. The zero-order valence-electron chi connectivity index (χ0n) is 15.9. The fraction of sp³-hybridized carbons (Fsp3) is 0.632. The van der Waals surface area contributed by atoms with E-state index in [0.717, 1.165) is 30.0 Å². The second kappa shape index (κ2) is 7.91. The van der Waals surface area contributed by atoms with E-state index in [0.29, 0.717) is 29.4 Å². The molecule has 1 aliphatic carbocycles. The van der Waals surface area contributed by atoms with Crippen molar-refractivity contribution in [3.8, 4) is 0 Å². The van der Waals surface area contributed by atoms with Crippen LogP contribution in [0.25, 0.3) is 5.65 Å². The Balaban J connectivity index is 1.68. The summed E-state index contributed by atoms with van der Waals surface area (Å²) in [5, 5.41) is 3.28. The Labute approximate surface area is 167 Å². The Bertz CT molecular complexity index is 895. The summed E-state index contributed by atoms with van der Waals surface area (Å²) >= 11 is 3.45. The second-order valence-electron chi connectivity index (χ2n) is 7.48. The normalized spacial score (nSPS) is 18.0. The fourth-order valence-electron chi connectivity index (χ4n) is 4.31. The van der Waals surface area contributed by atoms with Crippen LogP contribution < -0.4 is 5.56 Å². The summed E-state index contributed by atoms with van der Waals surface area (Å²) in [5.74, 6) is 2.10. The molecule has 2 aliphatic rings. The number of nitrogens with zero attached hydrogens (tertiary/aromatic N) is 3. The van der Waals surface area contributed by atoms with E-state index >= 15 is 0 Å². The van der Waals surface area contributed by atoms with E-state index in [1.165, 1.54) is 23.8 Å². The van der Waals surface area contributed by atoms with Crippen LogP contribution in [0, 0.1) is 0 Å². The summed E-state index contributed by atoms with van der Waals surface area (Å²) in [6, 6.07) is 2.09. The lowest BCUT2D eigenvalue weighted by atomic mass is 9.87. The van der Waals surface area contributed by atoms with Crippen LogP contribution in [0.5, 0.6) is 0 Å². The number of fused-ring (bicyclic) bond motifs is 2. The highest BCUT2D eigenvalue weighted by Crippen LogP contribution is 2.32. The number of rotatable bonds is 6. The van der Waals surface area contributed by atoms with Gasteiger partial charge in [-0.3, -0.25) is 14.7 Å². The third kappa shape index (κ3) is 3.42. The molecule has 0 saturated heterocycles. The summed E-state index contributed by atoms with van der Waals surface area (Å²) in [4.78, 5) is 32.4. The zero-order valence-corrected chi connectivity index (χ0v) is 17.5. The highest BCUT2D eigenvalue weighted by molar-refractivity contribution is 7.99. The van der Waals surface area contributed by atoms with Crippen LogP contribution in [0.3, 0.4) is 0 Å². The molecule has 1 fully saturated rings. The van der Waals surface area contributed by atoms with Crippen molar-refractivity contribution in [3.05, 3.63) is 33.4 Å². The molecule has 1 saturated carbocycles. The smallest absolute Gasteiger partial charge is 0.278 e. The molecule has 0 unspecified atom stereocenters. The van der Waals surface area contributed by atoms with Gasteiger partial charge in [-0.05, 0) is 25.4 Å². The average molecular weight is 407 g/mol. The minimum atomic E-state index is -0.125. The predicted octanol–water partition coefficient (Wildman–Crippen LogP) is 3.12. The Hall–Kier alpha value is -1.41. The van der Waals surface area contributed by atoms with Crippen LogP contribution in [-0.2, 0) is 6.54 Å². The maximum atomic E-state index is 13.0. The van der Waals surface area contributed by atoms with E-state index in [9.17, 15) is 9.59 Å². The molecule has 8 heteroatoms. The van der Waals surface area contributed by atoms with E-state index in [1.807, 2.05) is 23.5 Å². The first-order valence-corrected chi connectivity index (χ1v) is 12.4. The summed E-state index contributed by atoms with van der Waals surface area (Å²) in [6.07, 6.45) is 10.2. The third-order valence-electron chi connectivity index (χ3n) is 5.72. The Kier molecular flexibility index (Phi) is 5.55. The molecular formula is C19H26N4O2S2. The molecule has 1 aliphatic heterocycles. The minimum absolute atomic E-state index is 0.0990. The largest absolute Gasteiger partial charge is 0.328 e. The number of carbonyl (C=O) groups is 1. The summed E-state index contributed by atoms with van der Waals surface area (Å²) in [5.41, 5.74) is 2.40. The average Bonchev–Trinajstić information content (AvgIpc) is 3.25. The van der Waals surface area contributed by atoms with Crippen molar-refractivity contribution in [3.63, 3.8) is 0 Å². The molecule has 0 atom stereocenters. The van der Waals surface area contributed by atoms with Gasteiger partial charge in [0, 0.05) is 29.2 Å². The maximum absolute atomic E-state index is 13.0. The number of aromatic amines is 1. The molecule has 6 nitrogen and oxygen atoms in total. The van der Waals surface area contributed by atoms with Crippen molar-refractivity contribution < 1.29 is 4.79 Å². The molecule has 1 amide bonds. The Morgan fingerprint density at radius 3 is 2.56 bits per heavy atom. The number of amides is 1. The van der Waals surface area contributed by atoms with Crippen molar-refractivity contribution in [2.75, 3.05) is 24.0 Å². The van der Waals surface area contributed by atoms with Crippen molar-refractivity contribution >= 4 is 35.1 Å².